The number of alkyl halides is 3. The second kappa shape index (κ2) is 5.95. The molecule has 1 aromatic carbocycles. The second-order valence-corrected chi connectivity index (χ2v) is 4.00. The molecule has 1 amide bonds. The Labute approximate surface area is 107 Å². The lowest BCUT2D eigenvalue weighted by atomic mass is 10.1. The molecule has 18 heavy (non-hydrogen) atoms. The van der Waals surface area contributed by atoms with Crippen LogP contribution in [0.3, 0.4) is 0 Å². The van der Waals surface area contributed by atoms with Gasteiger partial charge >= 0.3 is 6.18 Å². The van der Waals surface area contributed by atoms with Gasteiger partial charge in [-0.05, 0) is 18.2 Å². The van der Waals surface area contributed by atoms with E-state index in [1.54, 1.807) is 19.2 Å². The Bertz CT molecular complexity index is 435. The van der Waals surface area contributed by atoms with Gasteiger partial charge in [-0.1, -0.05) is 11.6 Å². The molecule has 0 aliphatic rings. The predicted molar refractivity (Wildman–Crippen MR) is 64.0 cm³/mol. The molecule has 0 saturated carbocycles. The minimum absolute atomic E-state index is 0.215. The van der Waals surface area contributed by atoms with Crippen LogP contribution in [0.15, 0.2) is 18.2 Å². The summed E-state index contributed by atoms with van der Waals surface area (Å²) in [5.74, 6) is -0.592. The van der Waals surface area contributed by atoms with Gasteiger partial charge in [-0.3, -0.25) is 4.79 Å². The van der Waals surface area contributed by atoms with Crippen molar-refractivity contribution in [3.8, 4) is 0 Å². The van der Waals surface area contributed by atoms with Crippen LogP contribution in [0.4, 0.5) is 18.9 Å². The van der Waals surface area contributed by atoms with E-state index < -0.39 is 25.0 Å². The first-order chi connectivity index (χ1) is 8.33. The van der Waals surface area contributed by atoms with E-state index in [0.29, 0.717) is 10.7 Å². The molecule has 0 atom stereocenters. The number of halogens is 4. The molecular weight excluding hydrogens is 269 g/mol. The highest BCUT2D eigenvalue weighted by molar-refractivity contribution is 6.31. The maximum Gasteiger partial charge on any atom is 0.390 e. The Morgan fingerprint density at radius 2 is 2.06 bits per heavy atom. The number of hydrogen-bond donors (Lipinski definition) is 2. The number of rotatable bonds is 4. The molecule has 0 heterocycles. The van der Waals surface area contributed by atoms with Crippen LogP contribution < -0.4 is 10.6 Å². The van der Waals surface area contributed by atoms with Gasteiger partial charge in [0, 0.05) is 24.3 Å². The van der Waals surface area contributed by atoms with E-state index in [4.69, 9.17) is 11.6 Å². The normalized spacial score (nSPS) is 11.2. The summed E-state index contributed by atoms with van der Waals surface area (Å²) in [6.07, 6.45) is -5.35. The number of nitrogens with one attached hydrogen (secondary N) is 2. The Kier molecular flexibility index (Phi) is 4.84. The summed E-state index contributed by atoms with van der Waals surface area (Å²) in [4.78, 5) is 11.7. The molecule has 0 fully saturated rings. The minimum Gasteiger partial charge on any atom is -0.387 e. The third kappa shape index (κ3) is 4.44. The number of carbonyl (C=O) groups is 1. The standard InChI is InChI=1S/C11H12ClF3N2O/c1-16-9-3-2-7(12)6-8(9)10(18)17-5-4-11(13,14)15/h2-3,6,16H,4-5H2,1H3,(H,17,18). The molecule has 0 aliphatic carbocycles. The van der Waals surface area contributed by atoms with E-state index in [1.165, 1.54) is 6.07 Å². The van der Waals surface area contributed by atoms with Crippen molar-refractivity contribution in [3.63, 3.8) is 0 Å². The molecule has 3 nitrogen and oxygen atoms in total. The summed E-state index contributed by atoms with van der Waals surface area (Å²) in [7, 11) is 1.61. The number of anilines is 1. The van der Waals surface area contributed by atoms with Crippen LogP contribution in [0.5, 0.6) is 0 Å². The maximum absolute atomic E-state index is 11.9. The Balaban J connectivity index is 2.69. The SMILES string of the molecule is CNc1ccc(Cl)cc1C(=O)NCCC(F)(F)F. The molecule has 0 bridgehead atoms. The number of carbonyl (C=O) groups excluding carboxylic acids is 1. The summed E-state index contributed by atoms with van der Waals surface area (Å²) in [5.41, 5.74) is 0.719. The van der Waals surface area contributed by atoms with Crippen LogP contribution in [0.1, 0.15) is 16.8 Å². The zero-order valence-corrected chi connectivity index (χ0v) is 10.3. The van der Waals surface area contributed by atoms with Crippen molar-refractivity contribution in [1.29, 1.82) is 0 Å². The van der Waals surface area contributed by atoms with Gasteiger partial charge < -0.3 is 10.6 Å². The fourth-order valence-electron chi connectivity index (χ4n) is 1.34. The van der Waals surface area contributed by atoms with E-state index in [9.17, 15) is 18.0 Å². The van der Waals surface area contributed by atoms with Crippen molar-refractivity contribution in [2.24, 2.45) is 0 Å². The third-order valence-electron chi connectivity index (χ3n) is 2.19. The van der Waals surface area contributed by atoms with Gasteiger partial charge in [0.05, 0.1) is 12.0 Å². The lowest BCUT2D eigenvalue weighted by Gasteiger charge is -2.11. The van der Waals surface area contributed by atoms with Crippen molar-refractivity contribution in [2.45, 2.75) is 12.6 Å². The van der Waals surface area contributed by atoms with Crippen molar-refractivity contribution < 1.29 is 18.0 Å². The van der Waals surface area contributed by atoms with Gasteiger partial charge in [-0.25, -0.2) is 0 Å². The van der Waals surface area contributed by atoms with Gasteiger partial charge in [-0.15, -0.1) is 0 Å². The summed E-state index contributed by atoms with van der Waals surface area (Å²) >= 11 is 5.74. The molecule has 1 rings (SSSR count). The first kappa shape index (κ1) is 14.6. The Hall–Kier alpha value is -1.43. The topological polar surface area (TPSA) is 41.1 Å². The summed E-state index contributed by atoms with van der Waals surface area (Å²) in [6, 6.07) is 4.57. The van der Waals surface area contributed by atoms with Gasteiger partial charge in [0.25, 0.3) is 5.91 Å². The van der Waals surface area contributed by atoms with Gasteiger partial charge in [0.15, 0.2) is 0 Å². The highest BCUT2D eigenvalue weighted by Crippen LogP contribution is 2.21. The number of amides is 1. The van der Waals surface area contributed by atoms with Crippen LogP contribution in [-0.2, 0) is 0 Å². The quantitative estimate of drug-likeness (QED) is 0.890. The minimum atomic E-state index is -4.28. The van der Waals surface area contributed by atoms with E-state index in [2.05, 4.69) is 10.6 Å². The molecular formula is C11H12ClF3N2O. The molecule has 0 spiro atoms. The average molecular weight is 281 g/mol. The first-order valence-corrected chi connectivity index (χ1v) is 5.53. The van der Waals surface area contributed by atoms with E-state index in [-0.39, 0.29) is 5.56 Å². The summed E-state index contributed by atoms with van der Waals surface area (Å²) < 4.78 is 35.8. The van der Waals surface area contributed by atoms with E-state index >= 15 is 0 Å². The second-order valence-electron chi connectivity index (χ2n) is 3.56. The van der Waals surface area contributed by atoms with Crippen LogP contribution in [0.25, 0.3) is 0 Å². The zero-order chi connectivity index (χ0) is 13.8. The number of benzene rings is 1. The third-order valence-corrected chi connectivity index (χ3v) is 2.42. The average Bonchev–Trinajstić information content (AvgIpc) is 2.27. The van der Waals surface area contributed by atoms with E-state index in [0.717, 1.165) is 0 Å². The predicted octanol–water partition coefficient (Wildman–Crippen LogP) is 3.06. The fourth-order valence-corrected chi connectivity index (χ4v) is 1.51. The molecule has 2 N–H and O–H groups in total. The van der Waals surface area contributed by atoms with Crippen molar-refractivity contribution in [3.05, 3.63) is 28.8 Å². The van der Waals surface area contributed by atoms with Crippen molar-refractivity contribution in [2.75, 3.05) is 18.9 Å². The largest absolute Gasteiger partial charge is 0.390 e. The summed E-state index contributed by atoms with van der Waals surface area (Å²) in [5, 5.41) is 5.31. The smallest absolute Gasteiger partial charge is 0.387 e. The fraction of sp³-hybridized carbons (Fsp3) is 0.364. The van der Waals surface area contributed by atoms with Gasteiger partial charge in [0.2, 0.25) is 0 Å². The van der Waals surface area contributed by atoms with Crippen molar-refractivity contribution >= 4 is 23.2 Å². The molecule has 0 aliphatic heterocycles. The lowest BCUT2D eigenvalue weighted by molar-refractivity contribution is -0.132. The molecule has 0 radical (unpaired) electrons. The van der Waals surface area contributed by atoms with Crippen LogP contribution >= 0.6 is 11.6 Å². The molecule has 100 valence electrons. The van der Waals surface area contributed by atoms with E-state index in [1.807, 2.05) is 0 Å². The van der Waals surface area contributed by atoms with Crippen LogP contribution in [0, 0.1) is 0 Å². The van der Waals surface area contributed by atoms with Gasteiger partial charge in [-0.2, -0.15) is 13.2 Å². The molecule has 0 aromatic heterocycles. The zero-order valence-electron chi connectivity index (χ0n) is 9.57. The Morgan fingerprint density at radius 3 is 2.61 bits per heavy atom. The monoisotopic (exact) mass is 280 g/mol. The van der Waals surface area contributed by atoms with Crippen molar-refractivity contribution in [1.82, 2.24) is 5.32 Å². The molecule has 7 heteroatoms. The molecule has 0 unspecified atom stereocenters. The summed E-state index contributed by atoms with van der Waals surface area (Å²) in [6.45, 7) is -0.460. The van der Waals surface area contributed by atoms with Crippen LogP contribution in [-0.4, -0.2) is 25.7 Å². The Morgan fingerprint density at radius 1 is 1.39 bits per heavy atom. The first-order valence-electron chi connectivity index (χ1n) is 5.16. The lowest BCUT2D eigenvalue weighted by Crippen LogP contribution is -2.28. The highest BCUT2D eigenvalue weighted by atomic mass is 35.5. The molecule has 1 aromatic rings. The molecule has 0 saturated heterocycles. The highest BCUT2D eigenvalue weighted by Gasteiger charge is 2.26. The number of hydrogen-bond acceptors (Lipinski definition) is 2. The van der Waals surface area contributed by atoms with Gasteiger partial charge in [0.1, 0.15) is 0 Å². The maximum atomic E-state index is 11.9. The van der Waals surface area contributed by atoms with Crippen LogP contribution in [0.2, 0.25) is 5.02 Å².